The zero-order valence-electron chi connectivity index (χ0n) is 12.3. The number of carbonyl (C=O) groups is 1. The number of piperidine rings is 1. The minimum absolute atomic E-state index is 0.0873. The lowest BCUT2D eigenvalue weighted by molar-refractivity contribution is -0.148. The predicted molar refractivity (Wildman–Crippen MR) is 74.8 cm³/mol. The Bertz CT molecular complexity index is 411. The first kappa shape index (κ1) is 16.4. The van der Waals surface area contributed by atoms with Gasteiger partial charge in [0.2, 0.25) is 0 Å². The van der Waals surface area contributed by atoms with Gasteiger partial charge in [-0.05, 0) is 40.2 Å². The average Bonchev–Trinajstić information content (AvgIpc) is 2.34. The van der Waals surface area contributed by atoms with Gasteiger partial charge in [0.25, 0.3) is 0 Å². The van der Waals surface area contributed by atoms with E-state index in [9.17, 15) is 13.2 Å². The van der Waals surface area contributed by atoms with Crippen molar-refractivity contribution in [3.05, 3.63) is 0 Å². The van der Waals surface area contributed by atoms with Crippen molar-refractivity contribution in [2.75, 3.05) is 26.0 Å². The molecule has 6 heteroatoms. The summed E-state index contributed by atoms with van der Waals surface area (Å²) in [5.74, 6) is -0.169. The van der Waals surface area contributed by atoms with E-state index in [4.69, 9.17) is 4.74 Å². The second-order valence-corrected chi connectivity index (χ2v) is 8.86. The zero-order chi connectivity index (χ0) is 14.7. The number of carbonyl (C=O) groups excluding carboxylic acids is 1. The Hall–Kier alpha value is -0.620. The second-order valence-electron chi connectivity index (χ2n) is 6.00. The summed E-state index contributed by atoms with van der Waals surface area (Å²) < 4.78 is 28.2. The molecule has 1 rings (SSSR count). The summed E-state index contributed by atoms with van der Waals surface area (Å²) in [6.07, 6.45) is 2.74. The molecular weight excluding hydrogens is 266 g/mol. The Labute approximate surface area is 116 Å². The summed E-state index contributed by atoms with van der Waals surface area (Å²) >= 11 is 0. The van der Waals surface area contributed by atoms with Gasteiger partial charge in [0.15, 0.2) is 9.84 Å². The molecule has 0 saturated carbocycles. The van der Waals surface area contributed by atoms with Gasteiger partial charge in [0.1, 0.15) is 6.04 Å². The summed E-state index contributed by atoms with van der Waals surface area (Å²) in [6, 6.07) is -0.283. The third kappa shape index (κ3) is 4.18. The van der Waals surface area contributed by atoms with Crippen molar-refractivity contribution < 1.29 is 17.9 Å². The Balaban J connectivity index is 2.67. The molecule has 0 aromatic carbocycles. The van der Waals surface area contributed by atoms with Crippen LogP contribution in [0, 0.1) is 0 Å². The van der Waals surface area contributed by atoms with Crippen LogP contribution in [-0.2, 0) is 19.4 Å². The summed E-state index contributed by atoms with van der Waals surface area (Å²) in [5.41, 5.74) is 0. The summed E-state index contributed by atoms with van der Waals surface area (Å²) in [5, 5.41) is 0. The number of nitrogens with zero attached hydrogens (tertiary/aromatic N) is 1. The first-order valence-electron chi connectivity index (χ1n) is 6.73. The summed E-state index contributed by atoms with van der Waals surface area (Å²) in [7, 11) is -1.77. The molecule has 0 spiro atoms. The lowest BCUT2D eigenvalue weighted by atomic mass is 10.0. The van der Waals surface area contributed by atoms with Gasteiger partial charge in [-0.25, -0.2) is 8.42 Å². The van der Waals surface area contributed by atoms with Gasteiger partial charge in [-0.15, -0.1) is 0 Å². The topological polar surface area (TPSA) is 63.7 Å². The van der Waals surface area contributed by atoms with Gasteiger partial charge in [-0.2, -0.15) is 0 Å². The zero-order valence-corrected chi connectivity index (χ0v) is 13.1. The van der Waals surface area contributed by atoms with E-state index in [1.165, 1.54) is 7.11 Å². The van der Waals surface area contributed by atoms with Gasteiger partial charge in [-0.3, -0.25) is 9.69 Å². The maximum atomic E-state index is 12.1. The third-order valence-electron chi connectivity index (χ3n) is 3.67. The van der Waals surface area contributed by atoms with Crippen LogP contribution in [0.3, 0.4) is 0 Å². The lowest BCUT2D eigenvalue weighted by Crippen LogP contribution is -2.48. The lowest BCUT2D eigenvalue weighted by Gasteiger charge is -2.34. The molecule has 0 radical (unpaired) electrons. The molecule has 5 nitrogen and oxygen atoms in total. The average molecular weight is 291 g/mol. The Kier molecular flexibility index (Phi) is 5.38. The van der Waals surface area contributed by atoms with Crippen LogP contribution in [0.2, 0.25) is 0 Å². The predicted octanol–water partition coefficient (Wildman–Crippen LogP) is 1.23. The minimum atomic E-state index is -3.15. The van der Waals surface area contributed by atoms with Crippen LogP contribution in [0.4, 0.5) is 0 Å². The van der Waals surface area contributed by atoms with E-state index in [0.717, 1.165) is 25.8 Å². The molecule has 112 valence electrons. The molecule has 0 bridgehead atoms. The number of rotatable bonds is 4. The molecule has 0 aromatic rings. The molecule has 0 N–H and O–H groups in total. The number of likely N-dealkylation sites (tertiary alicyclic amines) is 1. The molecule has 1 aliphatic rings. The van der Waals surface area contributed by atoms with Crippen LogP contribution < -0.4 is 0 Å². The van der Waals surface area contributed by atoms with E-state index in [0.29, 0.717) is 6.54 Å². The second kappa shape index (κ2) is 6.22. The third-order valence-corrected chi connectivity index (χ3v) is 6.25. The maximum Gasteiger partial charge on any atom is 0.323 e. The van der Waals surface area contributed by atoms with E-state index in [2.05, 4.69) is 0 Å². The Morgan fingerprint density at radius 1 is 1.32 bits per heavy atom. The van der Waals surface area contributed by atoms with Gasteiger partial charge in [0, 0.05) is 6.54 Å². The highest BCUT2D eigenvalue weighted by molar-refractivity contribution is 7.92. The van der Waals surface area contributed by atoms with Gasteiger partial charge < -0.3 is 4.74 Å². The Morgan fingerprint density at radius 3 is 2.47 bits per heavy atom. The SMILES string of the molecule is COC(=O)C1CCCCN1CCS(=O)(=O)C(C)(C)C. The van der Waals surface area contributed by atoms with E-state index >= 15 is 0 Å². The number of hydrogen-bond acceptors (Lipinski definition) is 5. The number of ether oxygens (including phenoxy) is 1. The first-order chi connectivity index (χ1) is 8.69. The van der Waals surface area contributed by atoms with Crippen molar-refractivity contribution in [3.63, 3.8) is 0 Å². The standard InChI is InChI=1S/C13H25NO4S/c1-13(2,3)19(16,17)10-9-14-8-6-5-7-11(14)12(15)18-4/h11H,5-10H2,1-4H3. The largest absolute Gasteiger partial charge is 0.468 e. The molecule has 1 saturated heterocycles. The van der Waals surface area contributed by atoms with E-state index in [1.807, 2.05) is 4.90 Å². The van der Waals surface area contributed by atoms with Crippen molar-refractivity contribution in [1.29, 1.82) is 0 Å². The number of hydrogen-bond donors (Lipinski definition) is 0. The molecule has 0 amide bonds. The smallest absolute Gasteiger partial charge is 0.323 e. The maximum absolute atomic E-state index is 12.1. The van der Waals surface area contributed by atoms with Crippen molar-refractivity contribution in [1.82, 2.24) is 4.90 Å². The normalized spacial score (nSPS) is 22.2. The summed E-state index contributed by atoms with van der Waals surface area (Å²) in [4.78, 5) is 13.6. The fourth-order valence-electron chi connectivity index (χ4n) is 2.21. The fraction of sp³-hybridized carbons (Fsp3) is 0.923. The minimum Gasteiger partial charge on any atom is -0.468 e. The van der Waals surface area contributed by atoms with Crippen LogP contribution in [0.1, 0.15) is 40.0 Å². The Morgan fingerprint density at radius 2 is 1.95 bits per heavy atom. The van der Waals surface area contributed by atoms with Gasteiger partial charge in [-0.1, -0.05) is 6.42 Å². The molecule has 1 heterocycles. The highest BCUT2D eigenvalue weighted by Gasteiger charge is 2.33. The van der Waals surface area contributed by atoms with Crippen molar-refractivity contribution >= 4 is 15.8 Å². The van der Waals surface area contributed by atoms with E-state index < -0.39 is 14.6 Å². The number of methoxy groups -OCH3 is 1. The van der Waals surface area contributed by atoms with Crippen molar-refractivity contribution in [3.8, 4) is 0 Å². The van der Waals surface area contributed by atoms with Gasteiger partial charge in [0.05, 0.1) is 17.6 Å². The molecule has 1 aliphatic heterocycles. The van der Waals surface area contributed by atoms with Gasteiger partial charge >= 0.3 is 5.97 Å². The van der Waals surface area contributed by atoms with Crippen LogP contribution in [-0.4, -0.2) is 56.0 Å². The molecule has 1 unspecified atom stereocenters. The quantitative estimate of drug-likeness (QED) is 0.729. The molecule has 1 fully saturated rings. The van der Waals surface area contributed by atoms with E-state index in [-0.39, 0.29) is 17.8 Å². The highest BCUT2D eigenvalue weighted by atomic mass is 32.2. The number of sulfone groups is 1. The molecule has 0 aromatic heterocycles. The molecule has 19 heavy (non-hydrogen) atoms. The van der Waals surface area contributed by atoms with Crippen molar-refractivity contribution in [2.24, 2.45) is 0 Å². The van der Waals surface area contributed by atoms with Crippen LogP contribution in [0.15, 0.2) is 0 Å². The number of esters is 1. The van der Waals surface area contributed by atoms with E-state index in [1.54, 1.807) is 20.8 Å². The van der Waals surface area contributed by atoms with Crippen LogP contribution in [0.25, 0.3) is 0 Å². The molecule has 0 aliphatic carbocycles. The highest BCUT2D eigenvalue weighted by Crippen LogP contribution is 2.20. The fourth-order valence-corrected chi connectivity index (χ4v) is 3.29. The molecular formula is C13H25NO4S. The van der Waals surface area contributed by atoms with Crippen LogP contribution >= 0.6 is 0 Å². The monoisotopic (exact) mass is 291 g/mol. The van der Waals surface area contributed by atoms with Crippen molar-refractivity contribution in [2.45, 2.75) is 50.8 Å². The first-order valence-corrected chi connectivity index (χ1v) is 8.38. The summed E-state index contributed by atoms with van der Waals surface area (Å²) in [6.45, 7) is 6.28. The van der Waals surface area contributed by atoms with Crippen LogP contribution in [0.5, 0.6) is 0 Å². The molecule has 1 atom stereocenters.